The van der Waals surface area contributed by atoms with Gasteiger partial charge in [0.25, 0.3) is 0 Å². The molecule has 0 bridgehead atoms. The standard InChI is InChI=1S/C21H29N3O4/c1-3-10-23-21(26)17-6-4-11-24(15-17)20(25)7-5-12-28-18-9-8-16(14-22)13-19(18)27-2/h8-9,13,17H,3-7,10-12,15H2,1-2H3,(H,23,26). The molecular formula is C21H29N3O4. The first-order valence-corrected chi connectivity index (χ1v) is 9.85. The molecule has 0 radical (unpaired) electrons. The van der Waals surface area contributed by atoms with Crippen LogP contribution >= 0.6 is 0 Å². The lowest BCUT2D eigenvalue weighted by Crippen LogP contribution is -2.45. The Bertz CT molecular complexity index is 714. The van der Waals surface area contributed by atoms with Crippen LogP contribution in [-0.2, 0) is 9.59 Å². The number of amides is 2. The first-order valence-electron chi connectivity index (χ1n) is 9.85. The number of methoxy groups -OCH3 is 1. The van der Waals surface area contributed by atoms with Crippen LogP contribution in [0.4, 0.5) is 0 Å². The lowest BCUT2D eigenvalue weighted by atomic mass is 9.96. The van der Waals surface area contributed by atoms with Gasteiger partial charge in [0.1, 0.15) is 0 Å². The summed E-state index contributed by atoms with van der Waals surface area (Å²) in [6.07, 6.45) is 3.55. The third kappa shape index (κ3) is 6.15. The van der Waals surface area contributed by atoms with Gasteiger partial charge in [-0.15, -0.1) is 0 Å². The molecule has 1 heterocycles. The van der Waals surface area contributed by atoms with Crippen LogP contribution in [0.1, 0.15) is 44.6 Å². The van der Waals surface area contributed by atoms with Crippen molar-refractivity contribution < 1.29 is 19.1 Å². The van der Waals surface area contributed by atoms with Gasteiger partial charge in [0.15, 0.2) is 11.5 Å². The van der Waals surface area contributed by atoms with Crippen LogP contribution < -0.4 is 14.8 Å². The van der Waals surface area contributed by atoms with Crippen molar-refractivity contribution in [2.24, 2.45) is 5.92 Å². The topological polar surface area (TPSA) is 91.7 Å². The summed E-state index contributed by atoms with van der Waals surface area (Å²) >= 11 is 0. The van der Waals surface area contributed by atoms with E-state index in [0.29, 0.717) is 56.1 Å². The van der Waals surface area contributed by atoms with Crippen molar-refractivity contribution in [2.45, 2.75) is 39.0 Å². The normalized spacial score (nSPS) is 16.2. The second-order valence-electron chi connectivity index (χ2n) is 6.90. The third-order valence-corrected chi connectivity index (χ3v) is 4.78. The first-order chi connectivity index (χ1) is 13.6. The fourth-order valence-electron chi connectivity index (χ4n) is 3.23. The molecule has 0 saturated carbocycles. The first kappa shape index (κ1) is 21.5. The van der Waals surface area contributed by atoms with E-state index < -0.39 is 0 Å². The molecule has 1 unspecified atom stereocenters. The maximum Gasteiger partial charge on any atom is 0.224 e. The van der Waals surface area contributed by atoms with E-state index in [4.69, 9.17) is 14.7 Å². The largest absolute Gasteiger partial charge is 0.493 e. The average Bonchev–Trinajstić information content (AvgIpc) is 2.74. The molecule has 2 rings (SSSR count). The van der Waals surface area contributed by atoms with Crippen LogP contribution in [0.15, 0.2) is 18.2 Å². The summed E-state index contributed by atoms with van der Waals surface area (Å²) in [6.45, 7) is 4.29. The van der Waals surface area contributed by atoms with Crippen molar-refractivity contribution in [2.75, 3.05) is 33.4 Å². The van der Waals surface area contributed by atoms with E-state index in [1.54, 1.807) is 23.1 Å². The summed E-state index contributed by atoms with van der Waals surface area (Å²) in [5, 5.41) is 11.9. The molecule has 1 aliphatic heterocycles. The van der Waals surface area contributed by atoms with Crippen molar-refractivity contribution in [3.05, 3.63) is 23.8 Å². The number of nitrogens with zero attached hydrogens (tertiary/aromatic N) is 2. The molecule has 7 heteroatoms. The molecule has 0 spiro atoms. The maximum absolute atomic E-state index is 12.5. The highest BCUT2D eigenvalue weighted by Crippen LogP contribution is 2.28. The zero-order valence-corrected chi connectivity index (χ0v) is 16.7. The second kappa shape index (κ2) is 11.2. The number of hydrogen-bond acceptors (Lipinski definition) is 5. The minimum atomic E-state index is -0.108. The quantitative estimate of drug-likeness (QED) is 0.657. The van der Waals surface area contributed by atoms with Crippen molar-refractivity contribution in [1.29, 1.82) is 5.26 Å². The minimum Gasteiger partial charge on any atom is -0.493 e. The number of piperidine rings is 1. The van der Waals surface area contributed by atoms with Crippen molar-refractivity contribution in [3.63, 3.8) is 0 Å². The Kier molecular flexibility index (Phi) is 8.60. The zero-order valence-electron chi connectivity index (χ0n) is 16.7. The minimum absolute atomic E-state index is 0.0515. The van der Waals surface area contributed by atoms with Crippen LogP contribution in [-0.4, -0.2) is 50.1 Å². The van der Waals surface area contributed by atoms with Gasteiger partial charge in [0, 0.05) is 32.1 Å². The molecule has 2 amide bonds. The summed E-state index contributed by atoms with van der Waals surface area (Å²) in [5.74, 6) is 1.06. The van der Waals surface area contributed by atoms with E-state index in [2.05, 4.69) is 11.4 Å². The summed E-state index contributed by atoms with van der Waals surface area (Å²) in [6, 6.07) is 7.04. The number of nitrogens with one attached hydrogen (secondary N) is 1. The molecule has 1 aliphatic rings. The number of carbonyl (C=O) groups is 2. The van der Waals surface area contributed by atoms with E-state index in [1.165, 1.54) is 7.11 Å². The zero-order chi connectivity index (χ0) is 20.4. The summed E-state index contributed by atoms with van der Waals surface area (Å²) < 4.78 is 10.9. The van der Waals surface area contributed by atoms with Gasteiger partial charge in [-0.2, -0.15) is 5.26 Å². The lowest BCUT2D eigenvalue weighted by Gasteiger charge is -2.32. The number of hydrogen-bond donors (Lipinski definition) is 1. The van der Waals surface area contributed by atoms with Gasteiger partial charge in [-0.1, -0.05) is 6.92 Å². The van der Waals surface area contributed by atoms with Gasteiger partial charge in [-0.25, -0.2) is 0 Å². The van der Waals surface area contributed by atoms with Gasteiger partial charge in [-0.3, -0.25) is 9.59 Å². The Labute approximate surface area is 166 Å². The Balaban J connectivity index is 1.76. The molecule has 1 saturated heterocycles. The number of ether oxygens (including phenoxy) is 2. The summed E-state index contributed by atoms with van der Waals surface area (Å²) in [5.41, 5.74) is 0.502. The SMILES string of the molecule is CCCNC(=O)C1CCCN(C(=O)CCCOc2ccc(C#N)cc2OC)C1. The summed E-state index contributed by atoms with van der Waals surface area (Å²) in [7, 11) is 1.52. The monoisotopic (exact) mass is 387 g/mol. The fraction of sp³-hybridized carbons (Fsp3) is 0.571. The molecule has 1 fully saturated rings. The Hall–Kier alpha value is -2.75. The van der Waals surface area contributed by atoms with E-state index in [9.17, 15) is 9.59 Å². The Morgan fingerprint density at radius 3 is 2.89 bits per heavy atom. The van der Waals surface area contributed by atoms with Gasteiger partial charge in [0.2, 0.25) is 11.8 Å². The second-order valence-corrected chi connectivity index (χ2v) is 6.90. The molecule has 7 nitrogen and oxygen atoms in total. The van der Waals surface area contributed by atoms with Crippen molar-refractivity contribution in [1.82, 2.24) is 10.2 Å². The van der Waals surface area contributed by atoms with Crippen LogP contribution in [0.25, 0.3) is 0 Å². The number of carbonyl (C=O) groups excluding carboxylic acids is 2. The molecule has 0 aliphatic carbocycles. The van der Waals surface area contributed by atoms with Gasteiger partial charge in [0.05, 0.1) is 31.3 Å². The number of rotatable bonds is 9. The van der Waals surface area contributed by atoms with Gasteiger partial charge >= 0.3 is 0 Å². The smallest absolute Gasteiger partial charge is 0.224 e. The molecule has 28 heavy (non-hydrogen) atoms. The number of likely N-dealkylation sites (tertiary alicyclic amines) is 1. The van der Waals surface area contributed by atoms with Crippen molar-refractivity contribution in [3.8, 4) is 17.6 Å². The molecule has 1 atom stereocenters. The average molecular weight is 387 g/mol. The van der Waals surface area contributed by atoms with Crippen LogP contribution in [0.5, 0.6) is 11.5 Å². The van der Waals surface area contributed by atoms with Crippen LogP contribution in [0.2, 0.25) is 0 Å². The third-order valence-electron chi connectivity index (χ3n) is 4.78. The van der Waals surface area contributed by atoms with Crippen LogP contribution in [0.3, 0.4) is 0 Å². The van der Waals surface area contributed by atoms with Gasteiger partial charge < -0.3 is 19.7 Å². The number of nitriles is 1. The summed E-state index contributed by atoms with van der Waals surface area (Å²) in [4.78, 5) is 26.4. The van der Waals surface area contributed by atoms with Gasteiger partial charge in [-0.05, 0) is 37.8 Å². The van der Waals surface area contributed by atoms with E-state index in [0.717, 1.165) is 19.3 Å². The fourth-order valence-corrected chi connectivity index (χ4v) is 3.23. The van der Waals surface area contributed by atoms with Crippen LogP contribution in [0, 0.1) is 17.2 Å². The molecule has 1 aromatic carbocycles. The van der Waals surface area contributed by atoms with Crippen molar-refractivity contribution >= 4 is 11.8 Å². The highest BCUT2D eigenvalue weighted by molar-refractivity contribution is 5.81. The molecule has 0 aromatic heterocycles. The highest BCUT2D eigenvalue weighted by Gasteiger charge is 2.27. The number of benzene rings is 1. The van der Waals surface area contributed by atoms with E-state index in [-0.39, 0.29) is 17.7 Å². The molecule has 1 aromatic rings. The van der Waals surface area contributed by atoms with E-state index in [1.807, 2.05) is 6.92 Å². The predicted octanol–water partition coefficient (Wildman–Crippen LogP) is 2.49. The lowest BCUT2D eigenvalue weighted by molar-refractivity contribution is -0.135. The van der Waals surface area contributed by atoms with E-state index >= 15 is 0 Å². The molecule has 1 N–H and O–H groups in total. The Morgan fingerprint density at radius 1 is 1.36 bits per heavy atom. The predicted molar refractivity (Wildman–Crippen MR) is 105 cm³/mol. The molecule has 152 valence electrons. The molecular weight excluding hydrogens is 358 g/mol. The highest BCUT2D eigenvalue weighted by atomic mass is 16.5. The maximum atomic E-state index is 12.5. The Morgan fingerprint density at radius 2 is 2.18 bits per heavy atom.